The Bertz CT molecular complexity index is 1480. The average molecular weight is 1040 g/mol. The Kier molecular flexibility index (Phi) is 59.8. The van der Waals surface area contributed by atoms with E-state index in [1.165, 1.54) is 161 Å². The molecule has 0 saturated carbocycles. The van der Waals surface area contributed by atoms with Gasteiger partial charge in [0.15, 0.2) is 6.10 Å². The van der Waals surface area contributed by atoms with Crippen LogP contribution in [-0.2, 0) is 28.6 Å². The third kappa shape index (κ3) is 61.1. The van der Waals surface area contributed by atoms with E-state index in [4.69, 9.17) is 14.2 Å². The summed E-state index contributed by atoms with van der Waals surface area (Å²) in [6.45, 7) is 6.44. The van der Waals surface area contributed by atoms with Crippen molar-refractivity contribution in [3.63, 3.8) is 0 Å². The number of carbonyl (C=O) groups is 3. The van der Waals surface area contributed by atoms with Crippen LogP contribution in [0.4, 0.5) is 0 Å². The van der Waals surface area contributed by atoms with Crippen molar-refractivity contribution in [2.45, 2.75) is 309 Å². The second-order valence-electron chi connectivity index (χ2n) is 20.9. The number of rotatable bonds is 57. The summed E-state index contributed by atoms with van der Waals surface area (Å²) in [5.74, 6) is -0.964. The molecule has 0 bridgehead atoms. The van der Waals surface area contributed by atoms with Crippen LogP contribution in [0.15, 0.2) is 97.2 Å². The highest BCUT2D eigenvalue weighted by atomic mass is 16.6. The fourth-order valence-corrected chi connectivity index (χ4v) is 8.79. The number of carbonyl (C=O) groups excluding carboxylic acids is 3. The Morgan fingerprint density at radius 3 is 0.907 bits per heavy atom. The van der Waals surface area contributed by atoms with E-state index in [-0.39, 0.29) is 37.5 Å². The molecule has 0 fully saturated rings. The number of hydrogen-bond acceptors (Lipinski definition) is 6. The highest BCUT2D eigenvalue weighted by Gasteiger charge is 2.19. The van der Waals surface area contributed by atoms with Crippen molar-refractivity contribution in [1.29, 1.82) is 0 Å². The monoisotopic (exact) mass is 1040 g/mol. The molecule has 1 unspecified atom stereocenters. The lowest BCUT2D eigenvalue weighted by Gasteiger charge is -2.18. The van der Waals surface area contributed by atoms with Gasteiger partial charge < -0.3 is 14.2 Å². The molecule has 0 rings (SSSR count). The molecule has 0 radical (unpaired) electrons. The Labute approximate surface area is 464 Å². The van der Waals surface area contributed by atoms with Crippen LogP contribution in [0.2, 0.25) is 0 Å². The summed E-state index contributed by atoms with van der Waals surface area (Å²) in [6, 6.07) is 0. The maximum atomic E-state index is 12.8. The van der Waals surface area contributed by atoms with Crippen LogP contribution >= 0.6 is 0 Å². The van der Waals surface area contributed by atoms with Crippen molar-refractivity contribution in [2.24, 2.45) is 0 Å². The quantitative estimate of drug-likeness (QED) is 0.0261. The molecule has 0 amide bonds. The first kappa shape index (κ1) is 71.3. The molecule has 0 N–H and O–H groups in total. The van der Waals surface area contributed by atoms with Gasteiger partial charge in [-0.15, -0.1) is 0 Å². The minimum atomic E-state index is -0.810. The fraction of sp³-hybridized carbons (Fsp3) is 0.725. The molecule has 0 aliphatic carbocycles. The van der Waals surface area contributed by atoms with Crippen LogP contribution in [-0.4, -0.2) is 37.2 Å². The first-order chi connectivity index (χ1) is 37.0. The fourth-order valence-electron chi connectivity index (χ4n) is 8.79. The highest BCUT2D eigenvalue weighted by molar-refractivity contribution is 5.71. The number of hydrogen-bond donors (Lipinski definition) is 0. The van der Waals surface area contributed by atoms with Crippen molar-refractivity contribution < 1.29 is 28.6 Å². The Morgan fingerprint density at radius 2 is 0.547 bits per heavy atom. The third-order valence-corrected chi connectivity index (χ3v) is 13.5. The van der Waals surface area contributed by atoms with Gasteiger partial charge in [-0.05, 0) is 109 Å². The van der Waals surface area contributed by atoms with Crippen LogP contribution in [0, 0.1) is 0 Å². The van der Waals surface area contributed by atoms with Gasteiger partial charge in [-0.2, -0.15) is 0 Å². The van der Waals surface area contributed by atoms with Gasteiger partial charge in [0, 0.05) is 19.3 Å². The van der Waals surface area contributed by atoms with Crippen molar-refractivity contribution in [1.82, 2.24) is 0 Å². The van der Waals surface area contributed by atoms with E-state index < -0.39 is 6.10 Å². The van der Waals surface area contributed by atoms with Crippen LogP contribution in [0.5, 0.6) is 0 Å². The summed E-state index contributed by atoms with van der Waals surface area (Å²) in [4.78, 5) is 38.2. The summed E-state index contributed by atoms with van der Waals surface area (Å²) in [5.41, 5.74) is 0. The molecule has 0 aromatic rings. The predicted octanol–water partition coefficient (Wildman–Crippen LogP) is 21.7. The smallest absolute Gasteiger partial charge is 0.306 e. The molecular formula is C69H118O6. The molecule has 6 nitrogen and oxygen atoms in total. The van der Waals surface area contributed by atoms with E-state index in [1.807, 2.05) is 0 Å². The molecule has 0 aliphatic heterocycles. The zero-order chi connectivity index (χ0) is 54.3. The van der Waals surface area contributed by atoms with Crippen molar-refractivity contribution in [2.75, 3.05) is 13.2 Å². The van der Waals surface area contributed by atoms with Gasteiger partial charge in [0.1, 0.15) is 13.2 Å². The van der Waals surface area contributed by atoms with Gasteiger partial charge in [-0.3, -0.25) is 14.4 Å². The van der Waals surface area contributed by atoms with Crippen LogP contribution in [0.25, 0.3) is 0 Å². The standard InChI is InChI=1S/C69H118O6/c1-4-7-10-13-16-19-22-24-26-28-29-30-31-32-33-34-35-36-37-38-39-41-42-44-47-50-53-56-59-62-68(71)74-65-66(64-73-67(70)61-58-55-52-49-46-21-18-15-12-9-6-3)75-69(72)63-60-57-54-51-48-45-43-40-27-25-23-20-17-14-11-8-5-2/h8,11,15,17-18,20,22,24-25,27-29,43,45,51,54,66H,4-7,9-10,12-14,16,19,21,23,26,30-42,44,46-50,52-53,55-65H2,1-3H3/b11-8-,18-15-,20-17-,24-22-,27-25-,29-28-,45-43-,54-51-. The molecule has 6 heteroatoms. The van der Waals surface area contributed by atoms with Gasteiger partial charge in [-0.1, -0.05) is 272 Å². The number of ether oxygens (including phenoxy) is 3. The maximum Gasteiger partial charge on any atom is 0.306 e. The van der Waals surface area contributed by atoms with Crippen LogP contribution in [0.3, 0.4) is 0 Å². The summed E-state index contributed by atoms with van der Waals surface area (Å²) >= 11 is 0. The van der Waals surface area contributed by atoms with E-state index in [1.54, 1.807) is 0 Å². The first-order valence-corrected chi connectivity index (χ1v) is 31.7. The molecule has 0 aromatic heterocycles. The Balaban J connectivity index is 4.24. The van der Waals surface area contributed by atoms with Gasteiger partial charge >= 0.3 is 17.9 Å². The summed E-state index contributed by atoms with van der Waals surface area (Å²) in [6.07, 6.45) is 84.4. The van der Waals surface area contributed by atoms with Gasteiger partial charge in [0.05, 0.1) is 0 Å². The minimum Gasteiger partial charge on any atom is -0.462 e. The molecule has 0 aliphatic rings. The molecule has 1 atom stereocenters. The molecule has 75 heavy (non-hydrogen) atoms. The molecule has 0 spiro atoms. The topological polar surface area (TPSA) is 78.9 Å². The molecule has 0 heterocycles. The second kappa shape index (κ2) is 62.9. The van der Waals surface area contributed by atoms with E-state index in [0.717, 1.165) is 96.3 Å². The predicted molar refractivity (Wildman–Crippen MR) is 325 cm³/mol. The summed E-state index contributed by atoms with van der Waals surface area (Å²) in [5, 5.41) is 0. The molecule has 430 valence electrons. The highest BCUT2D eigenvalue weighted by Crippen LogP contribution is 2.16. The zero-order valence-electron chi connectivity index (χ0n) is 49.3. The molecular weight excluding hydrogens is 925 g/mol. The van der Waals surface area contributed by atoms with Crippen molar-refractivity contribution >= 4 is 17.9 Å². The van der Waals surface area contributed by atoms with Crippen molar-refractivity contribution in [3.05, 3.63) is 97.2 Å². The lowest BCUT2D eigenvalue weighted by atomic mass is 10.0. The van der Waals surface area contributed by atoms with E-state index in [0.29, 0.717) is 19.3 Å². The van der Waals surface area contributed by atoms with Gasteiger partial charge in [0.25, 0.3) is 0 Å². The van der Waals surface area contributed by atoms with Gasteiger partial charge in [-0.25, -0.2) is 0 Å². The van der Waals surface area contributed by atoms with E-state index in [9.17, 15) is 14.4 Å². The molecule has 0 aromatic carbocycles. The lowest BCUT2D eigenvalue weighted by molar-refractivity contribution is -0.167. The average Bonchev–Trinajstić information content (AvgIpc) is 3.41. The van der Waals surface area contributed by atoms with Crippen LogP contribution < -0.4 is 0 Å². The first-order valence-electron chi connectivity index (χ1n) is 31.7. The van der Waals surface area contributed by atoms with Gasteiger partial charge in [0.2, 0.25) is 0 Å². The largest absolute Gasteiger partial charge is 0.462 e. The van der Waals surface area contributed by atoms with Crippen molar-refractivity contribution in [3.8, 4) is 0 Å². The number of allylic oxidation sites excluding steroid dienone is 16. The lowest BCUT2D eigenvalue weighted by Crippen LogP contribution is -2.30. The maximum absolute atomic E-state index is 12.8. The summed E-state index contributed by atoms with van der Waals surface area (Å²) < 4.78 is 16.8. The Hall–Kier alpha value is -3.67. The number of esters is 3. The summed E-state index contributed by atoms with van der Waals surface area (Å²) in [7, 11) is 0. The van der Waals surface area contributed by atoms with Crippen LogP contribution in [0.1, 0.15) is 303 Å². The molecule has 0 saturated heterocycles. The minimum absolute atomic E-state index is 0.101. The number of unbranched alkanes of at least 4 members (excludes halogenated alkanes) is 30. The SMILES string of the molecule is CC/C=C\C/C=C\C/C=C\C/C=C\C/C=C\CCCC(=O)OC(COC(=O)CCCCCCC/C=C\CCCC)COC(=O)CCCCCCCCCCCCCCCCCCC/C=C\C/C=C\CCCCCCC. The third-order valence-electron chi connectivity index (χ3n) is 13.5. The second-order valence-corrected chi connectivity index (χ2v) is 20.9. The zero-order valence-corrected chi connectivity index (χ0v) is 49.3. The Morgan fingerprint density at radius 1 is 0.280 bits per heavy atom. The normalized spacial score (nSPS) is 12.7. The van der Waals surface area contributed by atoms with E-state index in [2.05, 4.69) is 118 Å². The van der Waals surface area contributed by atoms with E-state index >= 15 is 0 Å².